The molecule has 5 nitrogen and oxygen atoms in total. The van der Waals surface area contributed by atoms with Crippen LogP contribution in [0, 0.1) is 0 Å². The van der Waals surface area contributed by atoms with Crippen LogP contribution >= 0.6 is 11.6 Å². The van der Waals surface area contributed by atoms with Crippen LogP contribution in [-0.2, 0) is 16.6 Å². The van der Waals surface area contributed by atoms with Gasteiger partial charge in [-0.1, -0.05) is 48.0 Å². The molecule has 1 N–H and O–H groups in total. The van der Waals surface area contributed by atoms with E-state index in [1.807, 2.05) is 42.5 Å². The van der Waals surface area contributed by atoms with E-state index in [1.165, 1.54) is 10.5 Å². The van der Waals surface area contributed by atoms with Gasteiger partial charge in [0.25, 0.3) is 10.0 Å². The Balaban J connectivity index is 1.76. The highest BCUT2D eigenvalue weighted by molar-refractivity contribution is 7.92. The summed E-state index contributed by atoms with van der Waals surface area (Å²) < 4.78 is 27.3. The van der Waals surface area contributed by atoms with Gasteiger partial charge in [-0.05, 0) is 42.8 Å². The number of anilines is 2. The molecule has 27 heavy (non-hydrogen) atoms. The predicted molar refractivity (Wildman–Crippen MR) is 110 cm³/mol. The van der Waals surface area contributed by atoms with Crippen LogP contribution in [0.2, 0.25) is 5.02 Å². The normalized spacial score (nSPS) is 11.2. The molecule has 0 aliphatic carbocycles. The lowest BCUT2D eigenvalue weighted by Gasteiger charge is -2.22. The smallest absolute Gasteiger partial charge is 0.265 e. The molecular weight excluding hydrogens is 382 g/mol. The van der Waals surface area contributed by atoms with E-state index in [2.05, 4.69) is 10.3 Å². The van der Waals surface area contributed by atoms with E-state index in [9.17, 15) is 8.42 Å². The molecule has 140 valence electrons. The molecule has 1 heterocycles. The van der Waals surface area contributed by atoms with Crippen molar-refractivity contribution < 1.29 is 8.42 Å². The van der Waals surface area contributed by atoms with Gasteiger partial charge in [-0.15, -0.1) is 0 Å². The van der Waals surface area contributed by atoms with Crippen LogP contribution in [0.25, 0.3) is 0 Å². The van der Waals surface area contributed by atoms with Gasteiger partial charge in [0.15, 0.2) is 0 Å². The Morgan fingerprint density at radius 3 is 2.33 bits per heavy atom. The van der Waals surface area contributed by atoms with Crippen LogP contribution in [-0.4, -0.2) is 19.9 Å². The van der Waals surface area contributed by atoms with E-state index in [0.29, 0.717) is 29.6 Å². The fourth-order valence-electron chi connectivity index (χ4n) is 2.68. The minimum Gasteiger partial charge on any atom is -0.366 e. The monoisotopic (exact) mass is 401 g/mol. The summed E-state index contributed by atoms with van der Waals surface area (Å²) in [5.74, 6) is 0.580. The fourth-order valence-corrected chi connectivity index (χ4v) is 4.30. The zero-order valence-electron chi connectivity index (χ0n) is 14.8. The molecule has 0 saturated heterocycles. The number of rotatable bonds is 7. The minimum atomic E-state index is -3.67. The number of aromatic nitrogens is 1. The van der Waals surface area contributed by atoms with Gasteiger partial charge in [-0.2, -0.15) is 0 Å². The lowest BCUT2D eigenvalue weighted by molar-refractivity contribution is 0.591. The fraction of sp³-hybridized carbons (Fsp3) is 0.150. The molecule has 0 spiro atoms. The van der Waals surface area contributed by atoms with Gasteiger partial charge in [0.2, 0.25) is 0 Å². The number of hydrogen-bond acceptors (Lipinski definition) is 4. The minimum absolute atomic E-state index is 0.150. The van der Waals surface area contributed by atoms with Crippen molar-refractivity contribution in [1.82, 2.24) is 4.98 Å². The highest BCUT2D eigenvalue weighted by Gasteiger charge is 2.23. The summed E-state index contributed by atoms with van der Waals surface area (Å²) in [5, 5.41) is 3.82. The molecule has 0 aliphatic rings. The maximum atomic E-state index is 12.9. The molecule has 3 aromatic rings. The Kier molecular flexibility index (Phi) is 5.98. The first-order valence-corrected chi connectivity index (χ1v) is 10.4. The first-order chi connectivity index (χ1) is 13.0. The molecule has 0 radical (unpaired) electrons. The molecule has 0 amide bonds. The maximum absolute atomic E-state index is 12.9. The number of benzene rings is 2. The summed E-state index contributed by atoms with van der Waals surface area (Å²) in [7, 11) is -3.67. The van der Waals surface area contributed by atoms with Crippen LogP contribution < -0.4 is 9.62 Å². The highest BCUT2D eigenvalue weighted by Crippen LogP contribution is 2.23. The summed E-state index contributed by atoms with van der Waals surface area (Å²) in [6.45, 7) is 2.64. The number of pyridine rings is 1. The number of hydrogen-bond donors (Lipinski definition) is 1. The average molecular weight is 402 g/mol. The SMILES string of the molecule is CCN(c1ccccc1)S(=O)(=O)c1ccc(NCc2ccccc2Cl)nc1. The second-order valence-corrected chi connectivity index (χ2v) is 8.10. The molecule has 0 bridgehead atoms. The molecule has 0 aliphatic heterocycles. The Morgan fingerprint density at radius 2 is 1.70 bits per heavy atom. The summed E-state index contributed by atoms with van der Waals surface area (Å²) in [6.07, 6.45) is 1.37. The van der Waals surface area contributed by atoms with Gasteiger partial charge in [0.05, 0.1) is 5.69 Å². The molecule has 0 unspecified atom stereocenters. The Labute approximate surface area is 164 Å². The first-order valence-electron chi connectivity index (χ1n) is 8.53. The number of sulfonamides is 1. The summed E-state index contributed by atoms with van der Waals surface area (Å²) >= 11 is 6.14. The van der Waals surface area contributed by atoms with Gasteiger partial charge in [0, 0.05) is 24.3 Å². The van der Waals surface area contributed by atoms with Crippen LogP contribution in [0.1, 0.15) is 12.5 Å². The summed E-state index contributed by atoms with van der Waals surface area (Å²) in [5.41, 5.74) is 1.57. The Morgan fingerprint density at radius 1 is 1.00 bits per heavy atom. The second-order valence-electron chi connectivity index (χ2n) is 5.83. The number of nitrogens with one attached hydrogen (secondary N) is 1. The molecular formula is C20H20ClN3O2S. The molecule has 2 aromatic carbocycles. The second kappa shape index (κ2) is 8.41. The predicted octanol–water partition coefficient (Wildman–Crippen LogP) is 4.56. The van der Waals surface area contributed by atoms with Gasteiger partial charge in [-0.3, -0.25) is 4.31 Å². The largest absolute Gasteiger partial charge is 0.366 e. The van der Waals surface area contributed by atoms with E-state index >= 15 is 0 Å². The van der Waals surface area contributed by atoms with E-state index in [1.54, 1.807) is 31.2 Å². The van der Waals surface area contributed by atoms with Crippen LogP contribution in [0.4, 0.5) is 11.5 Å². The van der Waals surface area contributed by atoms with Crippen molar-refractivity contribution in [3.05, 3.63) is 83.5 Å². The summed E-state index contributed by atoms with van der Waals surface area (Å²) in [6, 6.07) is 19.8. The van der Waals surface area contributed by atoms with Crippen molar-refractivity contribution in [3.8, 4) is 0 Å². The molecule has 0 fully saturated rings. The van der Waals surface area contributed by atoms with Crippen molar-refractivity contribution in [1.29, 1.82) is 0 Å². The third kappa shape index (κ3) is 4.40. The number of para-hydroxylation sites is 1. The van der Waals surface area contributed by atoms with Gasteiger partial charge >= 0.3 is 0 Å². The zero-order chi connectivity index (χ0) is 19.3. The lowest BCUT2D eigenvalue weighted by Crippen LogP contribution is -2.30. The summed E-state index contributed by atoms with van der Waals surface area (Å²) in [4.78, 5) is 4.39. The first kappa shape index (κ1) is 19.2. The molecule has 7 heteroatoms. The third-order valence-electron chi connectivity index (χ3n) is 4.07. The van der Waals surface area contributed by atoms with Crippen molar-refractivity contribution in [2.45, 2.75) is 18.4 Å². The van der Waals surface area contributed by atoms with Crippen LogP contribution in [0.5, 0.6) is 0 Å². The van der Waals surface area contributed by atoms with E-state index in [-0.39, 0.29) is 4.90 Å². The Bertz CT molecular complexity index is 993. The van der Waals surface area contributed by atoms with Gasteiger partial charge in [0.1, 0.15) is 10.7 Å². The highest BCUT2D eigenvalue weighted by atomic mass is 35.5. The zero-order valence-corrected chi connectivity index (χ0v) is 16.4. The quantitative estimate of drug-likeness (QED) is 0.630. The van der Waals surface area contributed by atoms with Gasteiger partial charge < -0.3 is 5.32 Å². The van der Waals surface area contributed by atoms with E-state index < -0.39 is 10.0 Å². The van der Waals surface area contributed by atoms with Crippen molar-refractivity contribution in [3.63, 3.8) is 0 Å². The lowest BCUT2D eigenvalue weighted by atomic mass is 10.2. The number of halogens is 1. The molecule has 0 atom stereocenters. The van der Waals surface area contributed by atoms with Crippen molar-refractivity contribution in [2.24, 2.45) is 0 Å². The van der Waals surface area contributed by atoms with Crippen molar-refractivity contribution >= 4 is 33.1 Å². The maximum Gasteiger partial charge on any atom is 0.265 e. The van der Waals surface area contributed by atoms with Crippen LogP contribution in [0.15, 0.2) is 77.8 Å². The van der Waals surface area contributed by atoms with E-state index in [0.717, 1.165) is 5.56 Å². The molecule has 0 saturated carbocycles. The molecule has 3 rings (SSSR count). The van der Waals surface area contributed by atoms with Crippen LogP contribution in [0.3, 0.4) is 0 Å². The number of nitrogens with zero attached hydrogens (tertiary/aromatic N) is 2. The van der Waals surface area contributed by atoms with Gasteiger partial charge in [-0.25, -0.2) is 13.4 Å². The van der Waals surface area contributed by atoms with E-state index in [4.69, 9.17) is 11.6 Å². The topological polar surface area (TPSA) is 62.3 Å². The third-order valence-corrected chi connectivity index (χ3v) is 6.33. The standard InChI is InChI=1S/C20H20ClN3O2S/c1-2-24(17-9-4-3-5-10-17)27(25,26)18-12-13-20(23-15-18)22-14-16-8-6-7-11-19(16)21/h3-13,15H,2,14H2,1H3,(H,22,23). The average Bonchev–Trinajstić information content (AvgIpc) is 2.69. The Hall–Kier alpha value is -2.57. The molecule has 1 aromatic heterocycles. The van der Waals surface area contributed by atoms with Crippen molar-refractivity contribution in [2.75, 3.05) is 16.2 Å².